The van der Waals surface area contributed by atoms with Crippen LogP contribution in [-0.2, 0) is 0 Å². The maximum absolute atomic E-state index is 12.5. The zero-order valence-electron chi connectivity index (χ0n) is 15.8. The number of alkyl halides is 3. The highest BCUT2D eigenvalue weighted by atomic mass is 19.4. The Balaban J connectivity index is 1.64. The molecule has 0 bridgehead atoms. The number of nitrogens with zero attached hydrogens (tertiary/aromatic N) is 3. The van der Waals surface area contributed by atoms with Gasteiger partial charge in [0.1, 0.15) is 5.82 Å². The van der Waals surface area contributed by atoms with Crippen LogP contribution in [0, 0.1) is 5.92 Å². The number of hydrogen-bond donors (Lipinski definition) is 2. The van der Waals surface area contributed by atoms with E-state index in [0.29, 0.717) is 66.6 Å². The summed E-state index contributed by atoms with van der Waals surface area (Å²) in [6.45, 7) is 0.605. The first-order chi connectivity index (χ1) is 13.3. The van der Waals surface area contributed by atoms with Crippen molar-refractivity contribution in [2.45, 2.75) is 19.0 Å². The molecular weight excluding hydrogens is 375 g/mol. The van der Waals surface area contributed by atoms with E-state index in [4.69, 9.17) is 15.2 Å². The molecule has 1 fully saturated rings. The highest BCUT2D eigenvalue weighted by Gasteiger charge is 2.32. The SMILES string of the molecule is COc1cc2nc(NCC3CCN(CC(F)(F)F)CC3)nc(N)c2cc1OC. The number of likely N-dealkylation sites (tertiary alicyclic amines) is 1. The fraction of sp³-hybridized carbons (Fsp3) is 0.556. The van der Waals surface area contributed by atoms with Gasteiger partial charge in [0, 0.05) is 18.0 Å². The lowest BCUT2D eigenvalue weighted by atomic mass is 9.97. The lowest BCUT2D eigenvalue weighted by Crippen LogP contribution is -2.41. The lowest BCUT2D eigenvalue weighted by Gasteiger charge is -2.32. The Morgan fingerprint density at radius 2 is 1.79 bits per heavy atom. The van der Waals surface area contributed by atoms with E-state index in [0.717, 1.165) is 0 Å². The summed E-state index contributed by atoms with van der Waals surface area (Å²) in [6.07, 6.45) is -2.76. The van der Waals surface area contributed by atoms with Gasteiger partial charge in [-0.15, -0.1) is 0 Å². The molecular formula is C18H24F3N5O2. The van der Waals surface area contributed by atoms with Crippen LogP contribution in [-0.4, -0.2) is 61.4 Å². The van der Waals surface area contributed by atoms with E-state index in [1.807, 2.05) is 0 Å². The number of fused-ring (bicyclic) bond motifs is 1. The van der Waals surface area contributed by atoms with E-state index < -0.39 is 12.7 Å². The van der Waals surface area contributed by atoms with Gasteiger partial charge in [-0.25, -0.2) is 4.98 Å². The van der Waals surface area contributed by atoms with Crippen molar-refractivity contribution in [2.75, 3.05) is 51.4 Å². The molecule has 7 nitrogen and oxygen atoms in total. The van der Waals surface area contributed by atoms with Crippen molar-refractivity contribution in [3.8, 4) is 11.5 Å². The van der Waals surface area contributed by atoms with Crippen LogP contribution in [0.15, 0.2) is 12.1 Å². The van der Waals surface area contributed by atoms with Gasteiger partial charge in [0.15, 0.2) is 11.5 Å². The van der Waals surface area contributed by atoms with Gasteiger partial charge >= 0.3 is 6.18 Å². The van der Waals surface area contributed by atoms with Crippen molar-refractivity contribution in [3.05, 3.63) is 12.1 Å². The normalized spacial score (nSPS) is 16.3. The van der Waals surface area contributed by atoms with Crippen LogP contribution in [0.25, 0.3) is 10.9 Å². The smallest absolute Gasteiger partial charge is 0.401 e. The van der Waals surface area contributed by atoms with E-state index in [9.17, 15) is 13.2 Å². The van der Waals surface area contributed by atoms with Crippen molar-refractivity contribution < 1.29 is 22.6 Å². The monoisotopic (exact) mass is 399 g/mol. The molecule has 2 aromatic rings. The Kier molecular flexibility index (Phi) is 5.97. The topological polar surface area (TPSA) is 85.5 Å². The molecule has 0 radical (unpaired) electrons. The third kappa shape index (κ3) is 4.86. The van der Waals surface area contributed by atoms with Crippen molar-refractivity contribution >= 4 is 22.7 Å². The number of hydrogen-bond acceptors (Lipinski definition) is 7. The molecule has 0 atom stereocenters. The zero-order chi connectivity index (χ0) is 20.3. The molecule has 1 aromatic carbocycles. The van der Waals surface area contributed by atoms with E-state index in [2.05, 4.69) is 15.3 Å². The van der Waals surface area contributed by atoms with Crippen molar-refractivity contribution in [3.63, 3.8) is 0 Å². The van der Waals surface area contributed by atoms with E-state index in [-0.39, 0.29) is 5.92 Å². The second-order valence-corrected chi connectivity index (χ2v) is 6.87. The summed E-state index contributed by atoms with van der Waals surface area (Å²) < 4.78 is 48.0. The van der Waals surface area contributed by atoms with Gasteiger partial charge < -0.3 is 20.5 Å². The number of piperidine rings is 1. The van der Waals surface area contributed by atoms with Crippen molar-refractivity contribution in [1.82, 2.24) is 14.9 Å². The number of methoxy groups -OCH3 is 2. The highest BCUT2D eigenvalue weighted by molar-refractivity contribution is 5.91. The summed E-state index contributed by atoms with van der Waals surface area (Å²) in [5.74, 6) is 2.03. The average Bonchev–Trinajstić information content (AvgIpc) is 2.65. The number of nitrogen functional groups attached to an aromatic ring is 1. The Bertz CT molecular complexity index is 823. The van der Waals surface area contributed by atoms with Crippen LogP contribution in [0.3, 0.4) is 0 Å². The van der Waals surface area contributed by atoms with Crippen LogP contribution < -0.4 is 20.5 Å². The molecule has 0 amide bonds. The third-order valence-electron chi connectivity index (χ3n) is 4.89. The maximum Gasteiger partial charge on any atom is 0.401 e. The first kappa shape index (κ1) is 20.2. The Morgan fingerprint density at radius 3 is 2.39 bits per heavy atom. The van der Waals surface area contributed by atoms with Gasteiger partial charge in [0.25, 0.3) is 0 Å². The maximum atomic E-state index is 12.5. The minimum Gasteiger partial charge on any atom is -0.493 e. The summed E-state index contributed by atoms with van der Waals surface area (Å²) in [5.41, 5.74) is 6.68. The molecule has 1 saturated heterocycles. The molecule has 0 saturated carbocycles. The average molecular weight is 399 g/mol. The van der Waals surface area contributed by atoms with Gasteiger partial charge in [-0.3, -0.25) is 4.90 Å². The van der Waals surface area contributed by atoms with Crippen LogP contribution >= 0.6 is 0 Å². The summed E-state index contributed by atoms with van der Waals surface area (Å²) in [6, 6.07) is 3.46. The van der Waals surface area contributed by atoms with Gasteiger partial charge in [0.2, 0.25) is 5.95 Å². The fourth-order valence-corrected chi connectivity index (χ4v) is 3.40. The van der Waals surface area contributed by atoms with Crippen LogP contribution in [0.5, 0.6) is 11.5 Å². The van der Waals surface area contributed by atoms with E-state index in [1.54, 1.807) is 19.2 Å². The molecule has 3 rings (SSSR count). The highest BCUT2D eigenvalue weighted by Crippen LogP contribution is 2.33. The minimum absolute atomic E-state index is 0.260. The van der Waals surface area contributed by atoms with Gasteiger partial charge in [0.05, 0.1) is 26.3 Å². The van der Waals surface area contributed by atoms with Gasteiger partial charge in [-0.1, -0.05) is 0 Å². The summed E-state index contributed by atoms with van der Waals surface area (Å²) in [5, 5.41) is 3.82. The second kappa shape index (κ2) is 8.26. The molecule has 1 aliphatic rings. The first-order valence-corrected chi connectivity index (χ1v) is 9.01. The van der Waals surface area contributed by atoms with Crippen LogP contribution in [0.1, 0.15) is 12.8 Å². The molecule has 10 heteroatoms. The van der Waals surface area contributed by atoms with Crippen LogP contribution in [0.4, 0.5) is 24.9 Å². The second-order valence-electron chi connectivity index (χ2n) is 6.87. The number of halogens is 3. The molecule has 154 valence electrons. The molecule has 1 aromatic heterocycles. The summed E-state index contributed by atoms with van der Waals surface area (Å²) in [7, 11) is 3.08. The van der Waals surface area contributed by atoms with E-state index in [1.165, 1.54) is 12.0 Å². The Labute approximate surface area is 161 Å². The number of rotatable bonds is 6. The molecule has 3 N–H and O–H groups in total. The summed E-state index contributed by atoms with van der Waals surface area (Å²) >= 11 is 0. The number of nitrogens with two attached hydrogens (primary N) is 1. The molecule has 0 aliphatic carbocycles. The number of aromatic nitrogens is 2. The number of nitrogens with one attached hydrogen (secondary N) is 1. The largest absolute Gasteiger partial charge is 0.493 e. The third-order valence-corrected chi connectivity index (χ3v) is 4.89. The van der Waals surface area contributed by atoms with Crippen LogP contribution in [0.2, 0.25) is 0 Å². The van der Waals surface area contributed by atoms with Crippen molar-refractivity contribution in [1.29, 1.82) is 0 Å². The predicted molar refractivity (Wildman–Crippen MR) is 101 cm³/mol. The van der Waals surface area contributed by atoms with Crippen molar-refractivity contribution in [2.24, 2.45) is 5.92 Å². The fourth-order valence-electron chi connectivity index (χ4n) is 3.40. The quantitative estimate of drug-likeness (QED) is 0.772. The first-order valence-electron chi connectivity index (χ1n) is 9.01. The number of benzene rings is 1. The number of ether oxygens (including phenoxy) is 2. The lowest BCUT2D eigenvalue weighted by molar-refractivity contribution is -0.148. The predicted octanol–water partition coefficient (Wildman–Crippen LogP) is 2.92. The minimum atomic E-state index is -4.15. The molecule has 2 heterocycles. The van der Waals surface area contributed by atoms with E-state index >= 15 is 0 Å². The van der Waals surface area contributed by atoms with Gasteiger partial charge in [-0.2, -0.15) is 18.2 Å². The molecule has 0 spiro atoms. The standard InChI is InChI=1S/C18H24F3N5O2/c1-27-14-7-12-13(8-15(14)28-2)24-17(25-16(12)22)23-9-11-3-5-26(6-4-11)10-18(19,20)21/h7-8,11H,3-6,9-10H2,1-2H3,(H3,22,23,24,25). The Hall–Kier alpha value is -2.49. The Morgan fingerprint density at radius 1 is 1.14 bits per heavy atom. The summed E-state index contributed by atoms with van der Waals surface area (Å²) in [4.78, 5) is 10.2. The number of anilines is 2. The molecule has 28 heavy (non-hydrogen) atoms. The molecule has 1 aliphatic heterocycles. The molecule has 0 unspecified atom stereocenters. The van der Waals surface area contributed by atoms with Gasteiger partial charge in [-0.05, 0) is 37.9 Å². The zero-order valence-corrected chi connectivity index (χ0v) is 15.8.